The topological polar surface area (TPSA) is 77.0 Å². The summed E-state index contributed by atoms with van der Waals surface area (Å²) >= 11 is 1.22. The number of carbonyl (C=O) groups excluding carboxylic acids is 1. The van der Waals surface area contributed by atoms with Crippen LogP contribution < -0.4 is 5.84 Å². The van der Waals surface area contributed by atoms with Gasteiger partial charge in [-0.25, -0.2) is 9.07 Å². The Kier molecular flexibility index (Phi) is 5.80. The number of nitrogens with zero attached hydrogens (tertiary/aromatic N) is 4. The van der Waals surface area contributed by atoms with Gasteiger partial charge >= 0.3 is 0 Å². The Bertz CT molecular complexity index is 773. The van der Waals surface area contributed by atoms with Crippen molar-refractivity contribution in [1.29, 1.82) is 0 Å². The van der Waals surface area contributed by atoms with E-state index in [-0.39, 0.29) is 23.0 Å². The van der Waals surface area contributed by atoms with Gasteiger partial charge in [0.1, 0.15) is 5.82 Å². The number of nitrogen functional groups attached to an aromatic ring is 1. The molecule has 1 fully saturated rings. The number of aromatic nitrogens is 3. The van der Waals surface area contributed by atoms with Crippen molar-refractivity contribution in [3.63, 3.8) is 0 Å². The van der Waals surface area contributed by atoms with Gasteiger partial charge in [-0.15, -0.1) is 10.2 Å². The third-order valence-electron chi connectivity index (χ3n) is 5.03. The molecule has 3 rings (SSSR count). The molecule has 0 unspecified atom stereocenters. The molecule has 1 aliphatic rings. The smallest absolute Gasteiger partial charge is 0.233 e. The maximum absolute atomic E-state index is 13.9. The number of hydrogen-bond donors (Lipinski definition) is 1. The highest BCUT2D eigenvalue weighted by Gasteiger charge is 2.25. The molecular weight excluding hydrogens is 353 g/mol. The van der Waals surface area contributed by atoms with Crippen LogP contribution in [0.25, 0.3) is 11.4 Å². The predicted molar refractivity (Wildman–Crippen MR) is 100 cm³/mol. The van der Waals surface area contributed by atoms with Gasteiger partial charge in [0.05, 0.1) is 11.3 Å². The Morgan fingerprint density at radius 3 is 2.69 bits per heavy atom. The number of amides is 1. The SMILES string of the molecule is CC1CCC(N(C)C(=O)CSc2nnc(-c3ccccc3F)n2N)CC1. The third-order valence-corrected chi connectivity index (χ3v) is 5.96. The van der Waals surface area contributed by atoms with Crippen molar-refractivity contribution in [2.45, 2.75) is 43.8 Å². The molecule has 2 aromatic rings. The average molecular weight is 377 g/mol. The van der Waals surface area contributed by atoms with Gasteiger partial charge in [0.15, 0.2) is 5.82 Å². The Morgan fingerprint density at radius 1 is 1.31 bits per heavy atom. The van der Waals surface area contributed by atoms with E-state index in [1.165, 1.54) is 35.3 Å². The van der Waals surface area contributed by atoms with Crippen LogP contribution in [0, 0.1) is 11.7 Å². The molecule has 0 radical (unpaired) electrons. The van der Waals surface area contributed by atoms with Crippen LogP contribution in [-0.4, -0.2) is 44.5 Å². The maximum Gasteiger partial charge on any atom is 0.233 e. The second kappa shape index (κ2) is 8.07. The molecule has 2 N–H and O–H groups in total. The van der Waals surface area contributed by atoms with Crippen LogP contribution in [0.15, 0.2) is 29.4 Å². The molecule has 6 nitrogen and oxygen atoms in total. The normalized spacial score (nSPS) is 20.1. The van der Waals surface area contributed by atoms with Crippen LogP contribution in [0.1, 0.15) is 32.6 Å². The molecule has 0 saturated heterocycles. The highest BCUT2D eigenvalue weighted by Crippen LogP contribution is 2.28. The molecule has 0 bridgehead atoms. The largest absolute Gasteiger partial charge is 0.342 e. The van der Waals surface area contributed by atoms with Crippen LogP contribution in [0.4, 0.5) is 4.39 Å². The van der Waals surface area contributed by atoms with E-state index in [4.69, 9.17) is 5.84 Å². The average Bonchev–Trinajstić information content (AvgIpc) is 3.00. The molecule has 1 aliphatic carbocycles. The van der Waals surface area contributed by atoms with Crippen LogP contribution >= 0.6 is 11.8 Å². The summed E-state index contributed by atoms with van der Waals surface area (Å²) < 4.78 is 15.1. The van der Waals surface area contributed by atoms with E-state index < -0.39 is 5.82 Å². The van der Waals surface area contributed by atoms with Crippen molar-refractivity contribution in [2.24, 2.45) is 5.92 Å². The molecule has 1 aromatic heterocycles. The zero-order chi connectivity index (χ0) is 18.7. The van der Waals surface area contributed by atoms with Crippen molar-refractivity contribution in [2.75, 3.05) is 18.6 Å². The molecular formula is C18H24FN5OS. The number of benzene rings is 1. The minimum atomic E-state index is -0.412. The lowest BCUT2D eigenvalue weighted by atomic mass is 9.87. The van der Waals surface area contributed by atoms with Crippen LogP contribution in [0.3, 0.4) is 0 Å². The summed E-state index contributed by atoms with van der Waals surface area (Å²) in [4.78, 5) is 14.3. The van der Waals surface area contributed by atoms with E-state index in [0.717, 1.165) is 18.8 Å². The minimum absolute atomic E-state index is 0.0463. The van der Waals surface area contributed by atoms with Gasteiger partial charge in [-0.2, -0.15) is 0 Å². The Morgan fingerprint density at radius 2 is 2.00 bits per heavy atom. The number of halogens is 1. The Labute approximate surface area is 156 Å². The molecule has 1 heterocycles. The summed E-state index contributed by atoms with van der Waals surface area (Å²) in [7, 11) is 1.86. The molecule has 0 spiro atoms. The van der Waals surface area contributed by atoms with Crippen LogP contribution in [0.2, 0.25) is 0 Å². The first kappa shape index (κ1) is 18.7. The second-order valence-corrected chi connectivity index (χ2v) is 7.81. The van der Waals surface area contributed by atoms with Crippen molar-refractivity contribution in [1.82, 2.24) is 19.8 Å². The van der Waals surface area contributed by atoms with Gasteiger partial charge in [0, 0.05) is 13.1 Å². The zero-order valence-corrected chi connectivity index (χ0v) is 15.9. The summed E-state index contributed by atoms with van der Waals surface area (Å²) in [5.41, 5.74) is 0.286. The fourth-order valence-electron chi connectivity index (χ4n) is 3.26. The number of nitrogens with two attached hydrogens (primary N) is 1. The molecule has 1 saturated carbocycles. The van der Waals surface area contributed by atoms with Crippen molar-refractivity contribution < 1.29 is 9.18 Å². The maximum atomic E-state index is 13.9. The van der Waals surface area contributed by atoms with Gasteiger partial charge in [-0.05, 0) is 43.7 Å². The summed E-state index contributed by atoms with van der Waals surface area (Å²) in [5.74, 6) is 6.86. The first-order chi connectivity index (χ1) is 12.5. The number of hydrogen-bond acceptors (Lipinski definition) is 5. The summed E-state index contributed by atoms with van der Waals surface area (Å²) in [5, 5.41) is 8.36. The lowest BCUT2D eigenvalue weighted by molar-refractivity contribution is -0.129. The lowest BCUT2D eigenvalue weighted by Crippen LogP contribution is -2.40. The highest BCUT2D eigenvalue weighted by molar-refractivity contribution is 7.99. The summed E-state index contributed by atoms with van der Waals surface area (Å²) in [6.07, 6.45) is 4.44. The monoisotopic (exact) mass is 377 g/mol. The van der Waals surface area contributed by atoms with E-state index in [0.29, 0.717) is 11.2 Å². The number of thioether (sulfide) groups is 1. The Hall–Kier alpha value is -2.09. The molecule has 140 valence electrons. The number of carbonyl (C=O) groups is 1. The first-order valence-corrected chi connectivity index (χ1v) is 9.79. The van der Waals surface area contributed by atoms with E-state index in [2.05, 4.69) is 17.1 Å². The van der Waals surface area contributed by atoms with E-state index in [1.807, 2.05) is 11.9 Å². The summed E-state index contributed by atoms with van der Waals surface area (Å²) in [6, 6.07) is 6.57. The van der Waals surface area contributed by atoms with Crippen molar-refractivity contribution >= 4 is 17.7 Å². The lowest BCUT2D eigenvalue weighted by Gasteiger charge is -2.33. The van der Waals surface area contributed by atoms with E-state index in [9.17, 15) is 9.18 Å². The van der Waals surface area contributed by atoms with Gasteiger partial charge in [-0.3, -0.25) is 4.79 Å². The zero-order valence-electron chi connectivity index (χ0n) is 15.1. The predicted octanol–water partition coefficient (Wildman–Crippen LogP) is 2.93. The molecule has 1 amide bonds. The summed E-state index contributed by atoms with van der Waals surface area (Å²) in [6.45, 7) is 2.26. The van der Waals surface area contributed by atoms with Gasteiger partial charge in [-0.1, -0.05) is 30.8 Å². The fraction of sp³-hybridized carbons (Fsp3) is 0.500. The molecule has 1 aromatic carbocycles. The number of rotatable bonds is 5. The Balaban J connectivity index is 1.62. The molecule has 8 heteroatoms. The third kappa shape index (κ3) is 4.00. The molecule has 26 heavy (non-hydrogen) atoms. The van der Waals surface area contributed by atoms with E-state index in [1.54, 1.807) is 18.2 Å². The van der Waals surface area contributed by atoms with Crippen molar-refractivity contribution in [3.05, 3.63) is 30.1 Å². The highest BCUT2D eigenvalue weighted by atomic mass is 32.2. The van der Waals surface area contributed by atoms with Crippen molar-refractivity contribution in [3.8, 4) is 11.4 Å². The van der Waals surface area contributed by atoms with Crippen LogP contribution in [-0.2, 0) is 4.79 Å². The standard InChI is InChI=1S/C18H24FN5OS/c1-12-7-9-13(10-8-12)23(2)16(25)11-26-18-22-21-17(24(18)20)14-5-3-4-6-15(14)19/h3-6,12-13H,7-11,20H2,1-2H3. The fourth-order valence-corrected chi connectivity index (χ4v) is 4.04. The van der Waals surface area contributed by atoms with Gasteiger partial charge < -0.3 is 10.7 Å². The van der Waals surface area contributed by atoms with Gasteiger partial charge in [0.25, 0.3) is 0 Å². The quantitative estimate of drug-likeness (QED) is 0.640. The molecule has 0 atom stereocenters. The van der Waals surface area contributed by atoms with Gasteiger partial charge in [0.2, 0.25) is 11.1 Å². The minimum Gasteiger partial charge on any atom is -0.342 e. The molecule has 0 aliphatic heterocycles. The first-order valence-electron chi connectivity index (χ1n) is 8.81. The van der Waals surface area contributed by atoms with Crippen LogP contribution in [0.5, 0.6) is 0 Å². The van der Waals surface area contributed by atoms with E-state index >= 15 is 0 Å². The second-order valence-electron chi connectivity index (χ2n) is 6.86.